The third-order valence-electron chi connectivity index (χ3n) is 12.2. The molecular weight excluding hydrogens is 676 g/mol. The Balaban J connectivity index is 1.06. The molecule has 53 heavy (non-hydrogen) atoms. The van der Waals surface area contributed by atoms with E-state index in [1.54, 1.807) is 12.1 Å². The molecule has 3 aromatic rings. The van der Waals surface area contributed by atoms with Gasteiger partial charge >= 0.3 is 0 Å². The highest BCUT2D eigenvalue weighted by Crippen LogP contribution is 2.59. The number of hydrogen-bond donors (Lipinski definition) is 1. The second-order valence-electron chi connectivity index (χ2n) is 14.7. The molecule has 0 aromatic heterocycles. The van der Waals surface area contributed by atoms with Crippen molar-refractivity contribution in [3.05, 3.63) is 83.9 Å². The van der Waals surface area contributed by atoms with Gasteiger partial charge in [-0.3, -0.25) is 29.0 Å². The Morgan fingerprint density at radius 3 is 1.68 bits per heavy atom. The topological polar surface area (TPSA) is 129 Å². The number of ether oxygens (including phenoxy) is 3. The lowest BCUT2D eigenvalue weighted by Gasteiger charge is -2.44. The summed E-state index contributed by atoms with van der Waals surface area (Å²) in [6.45, 7) is 5.66. The maximum absolute atomic E-state index is 14.6. The van der Waals surface area contributed by atoms with Crippen LogP contribution < -0.4 is 24.3 Å². The molecule has 9 rings (SSSR count). The molecule has 5 fully saturated rings. The molecule has 0 radical (unpaired) electrons. The Bertz CT molecular complexity index is 1990. The van der Waals surface area contributed by atoms with E-state index in [0.717, 1.165) is 43.1 Å². The lowest BCUT2D eigenvalue weighted by atomic mass is 9.57. The van der Waals surface area contributed by atoms with Crippen LogP contribution in [0.2, 0.25) is 0 Å². The van der Waals surface area contributed by atoms with Gasteiger partial charge in [0.25, 0.3) is 0 Å². The first-order valence-electron chi connectivity index (χ1n) is 18.5. The monoisotopic (exact) mass is 718 g/mol. The molecule has 2 aliphatic carbocycles. The van der Waals surface area contributed by atoms with Gasteiger partial charge in [-0.15, -0.1) is 0 Å². The maximum atomic E-state index is 14.6. The number of rotatable bonds is 6. The van der Waals surface area contributed by atoms with E-state index in [-0.39, 0.29) is 41.5 Å². The van der Waals surface area contributed by atoms with E-state index in [9.17, 15) is 24.3 Å². The van der Waals surface area contributed by atoms with Gasteiger partial charge in [-0.05, 0) is 85.0 Å². The zero-order valence-electron chi connectivity index (χ0n) is 29.6. The number of anilines is 4. The summed E-state index contributed by atoms with van der Waals surface area (Å²) in [6, 6.07) is 20.1. The third kappa shape index (κ3) is 5.49. The average Bonchev–Trinajstić information content (AvgIpc) is 3.61. The number of nitrogens with zero attached hydrogens (tertiary/aromatic N) is 4. The number of hydrogen-bond acceptors (Lipinski definition) is 10. The van der Waals surface area contributed by atoms with Gasteiger partial charge in [-0.2, -0.15) is 0 Å². The molecule has 12 heteroatoms. The first-order valence-corrected chi connectivity index (χ1v) is 18.5. The van der Waals surface area contributed by atoms with E-state index in [2.05, 4.69) is 9.80 Å². The molecule has 6 unspecified atom stereocenters. The molecule has 1 N–H and O–H groups in total. The van der Waals surface area contributed by atoms with Crippen molar-refractivity contribution < 1.29 is 38.5 Å². The van der Waals surface area contributed by atoms with Crippen LogP contribution in [0, 0.1) is 29.6 Å². The number of imide groups is 2. The van der Waals surface area contributed by atoms with Crippen LogP contribution in [0.3, 0.4) is 0 Å². The third-order valence-corrected chi connectivity index (χ3v) is 12.2. The summed E-state index contributed by atoms with van der Waals surface area (Å²) in [7, 11) is 1.47. The van der Waals surface area contributed by atoms with Crippen molar-refractivity contribution in [1.29, 1.82) is 0 Å². The number of benzene rings is 3. The summed E-state index contributed by atoms with van der Waals surface area (Å²) in [5.74, 6) is -4.59. The van der Waals surface area contributed by atoms with Crippen LogP contribution in [0.4, 0.5) is 22.7 Å². The van der Waals surface area contributed by atoms with E-state index in [1.807, 2.05) is 54.6 Å². The molecule has 0 bridgehead atoms. The van der Waals surface area contributed by atoms with Crippen LogP contribution >= 0.6 is 0 Å². The molecule has 4 amide bonds. The molecule has 4 aliphatic heterocycles. The minimum absolute atomic E-state index is 0.0412. The van der Waals surface area contributed by atoms with Gasteiger partial charge in [0.15, 0.2) is 11.5 Å². The van der Waals surface area contributed by atoms with Crippen LogP contribution in [0.5, 0.6) is 11.5 Å². The van der Waals surface area contributed by atoms with Crippen LogP contribution in [0.15, 0.2) is 78.4 Å². The number of fused-ring (bicyclic) bond motifs is 4. The van der Waals surface area contributed by atoms with Gasteiger partial charge in [0.1, 0.15) is 0 Å². The van der Waals surface area contributed by atoms with Crippen molar-refractivity contribution in [3.63, 3.8) is 0 Å². The number of phenolic OH excluding ortho intramolecular Hbond substituents is 1. The molecular formula is C41H42N4O8. The number of carbonyl (C=O) groups is 4. The standard InChI is InChI=1S/C41H42N4O8/c1-51-34-22-24(2-13-33(34)46)35-29-11-12-30-36(40(49)44(38(30)47)27-7-3-25(4-8-27)42-14-18-52-19-15-42)31(29)23-32-37(35)41(50)45(39(32)48)28-9-5-26(6-10-28)43-16-20-53-21-17-43/h2-11,13,22,30-32,35-37,46H,12,14-21,23H2,1H3. The van der Waals surface area contributed by atoms with E-state index in [4.69, 9.17) is 14.2 Å². The van der Waals surface area contributed by atoms with Gasteiger partial charge in [-0.25, -0.2) is 0 Å². The van der Waals surface area contributed by atoms with Crippen LogP contribution in [0.25, 0.3) is 0 Å². The molecule has 4 saturated heterocycles. The quantitative estimate of drug-likeness (QED) is 0.294. The Labute approximate surface area is 307 Å². The first kappa shape index (κ1) is 33.6. The van der Waals surface area contributed by atoms with Crippen molar-refractivity contribution in [2.45, 2.75) is 18.8 Å². The fourth-order valence-electron chi connectivity index (χ4n) is 9.63. The van der Waals surface area contributed by atoms with E-state index in [1.165, 1.54) is 23.0 Å². The minimum Gasteiger partial charge on any atom is -0.504 e. The van der Waals surface area contributed by atoms with Crippen LogP contribution in [-0.4, -0.2) is 88.5 Å². The average molecular weight is 719 g/mol. The normalized spacial score (nSPS) is 28.5. The van der Waals surface area contributed by atoms with Crippen LogP contribution in [-0.2, 0) is 28.7 Å². The summed E-state index contributed by atoms with van der Waals surface area (Å²) in [4.78, 5) is 64.7. The van der Waals surface area contributed by atoms with Gasteiger partial charge in [0.05, 0.1) is 68.6 Å². The molecule has 6 atom stereocenters. The summed E-state index contributed by atoms with van der Waals surface area (Å²) in [5, 5.41) is 10.5. The number of amides is 4. The Morgan fingerprint density at radius 1 is 0.623 bits per heavy atom. The number of morpholine rings is 2. The molecule has 12 nitrogen and oxygen atoms in total. The Kier molecular flexibility index (Phi) is 8.46. The minimum atomic E-state index is -0.731. The fourth-order valence-corrected chi connectivity index (χ4v) is 9.63. The zero-order chi connectivity index (χ0) is 36.4. The molecule has 274 valence electrons. The smallest absolute Gasteiger partial charge is 0.238 e. The van der Waals surface area contributed by atoms with Gasteiger partial charge in [-0.1, -0.05) is 17.7 Å². The van der Waals surface area contributed by atoms with Gasteiger partial charge in [0.2, 0.25) is 23.6 Å². The SMILES string of the molecule is COc1cc(C2C3=CCC4C(=O)N(c5ccc(N6CCOCC6)cc5)C(=O)C4C3CC3C(=O)N(c4ccc(N5CCOCC5)cc4)C(=O)C32)ccc1O. The number of methoxy groups -OCH3 is 1. The predicted molar refractivity (Wildman–Crippen MR) is 196 cm³/mol. The summed E-state index contributed by atoms with van der Waals surface area (Å²) in [6.07, 6.45) is 2.65. The van der Waals surface area contributed by atoms with Crippen molar-refractivity contribution in [2.75, 3.05) is 79.3 Å². The Hall–Kier alpha value is -5.20. The van der Waals surface area contributed by atoms with E-state index in [0.29, 0.717) is 49.8 Å². The molecule has 0 spiro atoms. The van der Waals surface area contributed by atoms with E-state index >= 15 is 0 Å². The lowest BCUT2D eigenvalue weighted by molar-refractivity contribution is -0.126. The number of carbonyl (C=O) groups excluding carboxylic acids is 4. The highest BCUT2D eigenvalue weighted by atomic mass is 16.5. The van der Waals surface area contributed by atoms with Crippen molar-refractivity contribution in [3.8, 4) is 11.5 Å². The summed E-state index contributed by atoms with van der Waals surface area (Å²) >= 11 is 0. The molecule has 6 aliphatic rings. The zero-order valence-corrected chi connectivity index (χ0v) is 29.6. The molecule has 4 heterocycles. The number of allylic oxidation sites excluding steroid dienone is 2. The highest BCUT2D eigenvalue weighted by Gasteiger charge is 2.62. The maximum Gasteiger partial charge on any atom is 0.238 e. The largest absolute Gasteiger partial charge is 0.504 e. The van der Waals surface area contributed by atoms with Crippen molar-refractivity contribution in [1.82, 2.24) is 0 Å². The number of aromatic hydroxyl groups is 1. The lowest BCUT2D eigenvalue weighted by Crippen LogP contribution is -2.43. The number of phenols is 1. The summed E-state index contributed by atoms with van der Waals surface area (Å²) < 4.78 is 16.5. The van der Waals surface area contributed by atoms with Crippen molar-refractivity contribution >= 4 is 46.4 Å². The van der Waals surface area contributed by atoms with Crippen molar-refractivity contribution in [2.24, 2.45) is 29.6 Å². The Morgan fingerprint density at radius 2 is 1.13 bits per heavy atom. The van der Waals surface area contributed by atoms with Crippen LogP contribution in [0.1, 0.15) is 24.3 Å². The van der Waals surface area contributed by atoms with E-state index < -0.39 is 35.5 Å². The highest BCUT2D eigenvalue weighted by molar-refractivity contribution is 6.24. The fraction of sp³-hybridized carbons (Fsp3) is 0.415. The van der Waals surface area contributed by atoms with Gasteiger partial charge in [0, 0.05) is 43.5 Å². The second kappa shape index (κ2) is 13.3. The molecule has 1 saturated carbocycles. The summed E-state index contributed by atoms with van der Waals surface area (Å²) in [5.41, 5.74) is 4.63. The van der Waals surface area contributed by atoms with Gasteiger partial charge < -0.3 is 29.1 Å². The first-order chi connectivity index (χ1) is 25.8. The second-order valence-corrected chi connectivity index (χ2v) is 14.7. The molecule has 3 aromatic carbocycles. The predicted octanol–water partition coefficient (Wildman–Crippen LogP) is 4.12.